The molecule has 5 nitrogen and oxygen atoms in total. The van der Waals surface area contributed by atoms with Gasteiger partial charge < -0.3 is 10.4 Å². The van der Waals surface area contributed by atoms with Crippen LogP contribution in [0, 0.1) is 5.92 Å². The van der Waals surface area contributed by atoms with Crippen LogP contribution in [0.25, 0.3) is 10.9 Å². The molecule has 2 N–H and O–H groups in total. The smallest absolute Gasteiger partial charge is 0.326 e. The molecule has 0 fully saturated rings. The Morgan fingerprint density at radius 2 is 1.95 bits per heavy atom. The highest BCUT2D eigenvalue weighted by Crippen LogP contribution is 2.16. The molecular formula is C16H18N2O3. The number of nitrogens with zero attached hydrogens (tertiary/aromatic N) is 1. The number of nitrogens with one attached hydrogen (secondary N) is 1. The normalized spacial score (nSPS) is 12.3. The molecule has 1 atom stereocenters. The summed E-state index contributed by atoms with van der Waals surface area (Å²) in [5, 5.41) is 12.6. The maximum Gasteiger partial charge on any atom is 0.326 e. The largest absolute Gasteiger partial charge is 0.480 e. The van der Waals surface area contributed by atoms with E-state index in [0.29, 0.717) is 0 Å². The van der Waals surface area contributed by atoms with Crippen LogP contribution in [0.1, 0.15) is 19.4 Å². The van der Waals surface area contributed by atoms with Gasteiger partial charge in [-0.2, -0.15) is 0 Å². The highest BCUT2D eigenvalue weighted by molar-refractivity contribution is 5.89. The zero-order chi connectivity index (χ0) is 15.4. The predicted molar refractivity (Wildman–Crippen MR) is 79.9 cm³/mol. The molecule has 21 heavy (non-hydrogen) atoms. The summed E-state index contributed by atoms with van der Waals surface area (Å²) >= 11 is 0. The number of carbonyl (C=O) groups is 2. The third-order valence-corrected chi connectivity index (χ3v) is 3.32. The molecule has 0 aliphatic carbocycles. The Balaban J connectivity index is 2.17. The van der Waals surface area contributed by atoms with Gasteiger partial charge in [-0.25, -0.2) is 4.79 Å². The molecular weight excluding hydrogens is 268 g/mol. The van der Waals surface area contributed by atoms with E-state index in [-0.39, 0.29) is 18.2 Å². The molecule has 2 rings (SSSR count). The van der Waals surface area contributed by atoms with Crippen molar-refractivity contribution in [3.8, 4) is 0 Å². The van der Waals surface area contributed by atoms with Gasteiger partial charge in [0.15, 0.2) is 0 Å². The lowest BCUT2D eigenvalue weighted by Crippen LogP contribution is -2.44. The van der Waals surface area contributed by atoms with Gasteiger partial charge in [0.2, 0.25) is 5.91 Å². The molecule has 0 radical (unpaired) electrons. The van der Waals surface area contributed by atoms with Crippen molar-refractivity contribution in [3.05, 3.63) is 42.1 Å². The van der Waals surface area contributed by atoms with Crippen LogP contribution in [-0.4, -0.2) is 28.0 Å². The highest BCUT2D eigenvalue weighted by atomic mass is 16.4. The van der Waals surface area contributed by atoms with Gasteiger partial charge in [-0.15, -0.1) is 0 Å². The van der Waals surface area contributed by atoms with E-state index in [4.69, 9.17) is 5.11 Å². The minimum absolute atomic E-state index is 0.116. The molecule has 2 aromatic rings. The molecule has 5 heteroatoms. The predicted octanol–water partition coefficient (Wildman–Crippen LogP) is 2.00. The van der Waals surface area contributed by atoms with E-state index in [2.05, 4.69) is 10.3 Å². The molecule has 0 saturated carbocycles. The topological polar surface area (TPSA) is 79.3 Å². The number of aromatic nitrogens is 1. The number of carboxylic acid groups (broad SMARTS) is 1. The van der Waals surface area contributed by atoms with Gasteiger partial charge in [0, 0.05) is 11.6 Å². The van der Waals surface area contributed by atoms with Crippen LogP contribution in [0.2, 0.25) is 0 Å². The SMILES string of the molecule is CC(C)[C@H](NC(=O)Cc1cccc2cccnc12)C(=O)O. The Morgan fingerprint density at radius 1 is 1.24 bits per heavy atom. The highest BCUT2D eigenvalue weighted by Gasteiger charge is 2.23. The van der Waals surface area contributed by atoms with Crippen LogP contribution in [0.4, 0.5) is 0 Å². The first-order chi connectivity index (χ1) is 9.99. The number of hydrogen-bond donors (Lipinski definition) is 2. The third kappa shape index (κ3) is 3.56. The molecule has 110 valence electrons. The lowest BCUT2D eigenvalue weighted by molar-refractivity contribution is -0.143. The zero-order valence-electron chi connectivity index (χ0n) is 12.0. The van der Waals surface area contributed by atoms with Gasteiger partial charge in [0.05, 0.1) is 11.9 Å². The van der Waals surface area contributed by atoms with Crippen LogP contribution in [0.3, 0.4) is 0 Å². The van der Waals surface area contributed by atoms with Gasteiger partial charge in [0.1, 0.15) is 6.04 Å². The summed E-state index contributed by atoms with van der Waals surface area (Å²) in [5.41, 5.74) is 1.56. The van der Waals surface area contributed by atoms with E-state index < -0.39 is 12.0 Å². The summed E-state index contributed by atoms with van der Waals surface area (Å²) < 4.78 is 0. The molecule has 1 amide bonds. The van der Waals surface area contributed by atoms with E-state index in [1.807, 2.05) is 30.3 Å². The van der Waals surface area contributed by atoms with Crippen molar-refractivity contribution in [2.45, 2.75) is 26.3 Å². The van der Waals surface area contributed by atoms with Crippen LogP contribution in [0.5, 0.6) is 0 Å². The van der Waals surface area contributed by atoms with Gasteiger partial charge in [-0.1, -0.05) is 38.1 Å². The van der Waals surface area contributed by atoms with Crippen molar-refractivity contribution in [2.24, 2.45) is 5.92 Å². The number of pyridine rings is 1. The standard InChI is InChI=1S/C16H18N2O3/c1-10(2)14(16(20)21)18-13(19)9-12-6-3-5-11-7-4-8-17-15(11)12/h3-8,10,14H,9H2,1-2H3,(H,18,19)(H,20,21)/t14-/m0/s1. The number of para-hydroxylation sites is 1. The monoisotopic (exact) mass is 286 g/mol. The minimum atomic E-state index is -1.02. The lowest BCUT2D eigenvalue weighted by atomic mass is 10.0. The first-order valence-corrected chi connectivity index (χ1v) is 6.84. The molecule has 0 bridgehead atoms. The van der Waals surface area contributed by atoms with E-state index in [0.717, 1.165) is 16.5 Å². The Labute approximate surface area is 123 Å². The van der Waals surface area contributed by atoms with Crippen LogP contribution in [-0.2, 0) is 16.0 Å². The maximum absolute atomic E-state index is 12.1. The molecule has 0 aliphatic heterocycles. The molecule has 0 aliphatic rings. The van der Waals surface area contributed by atoms with Crippen LogP contribution in [0.15, 0.2) is 36.5 Å². The fraction of sp³-hybridized carbons (Fsp3) is 0.312. The van der Waals surface area contributed by atoms with E-state index in [1.165, 1.54) is 0 Å². The summed E-state index contributed by atoms with van der Waals surface area (Å²) in [6.07, 6.45) is 1.79. The van der Waals surface area contributed by atoms with E-state index in [9.17, 15) is 9.59 Å². The lowest BCUT2D eigenvalue weighted by Gasteiger charge is -2.18. The second kappa shape index (κ2) is 6.35. The van der Waals surface area contributed by atoms with Gasteiger partial charge in [-0.05, 0) is 17.5 Å². The molecule has 1 aromatic carbocycles. The van der Waals surface area contributed by atoms with Crippen molar-refractivity contribution in [3.63, 3.8) is 0 Å². The molecule has 0 unspecified atom stereocenters. The summed E-state index contributed by atoms with van der Waals surface area (Å²) in [7, 11) is 0. The number of hydrogen-bond acceptors (Lipinski definition) is 3. The first kappa shape index (κ1) is 15.0. The van der Waals surface area contributed by atoms with Crippen molar-refractivity contribution in [1.29, 1.82) is 0 Å². The molecule has 0 saturated heterocycles. The number of benzene rings is 1. The zero-order valence-corrected chi connectivity index (χ0v) is 12.0. The Morgan fingerprint density at radius 3 is 2.62 bits per heavy atom. The number of aliphatic carboxylic acids is 1. The average molecular weight is 286 g/mol. The fourth-order valence-electron chi connectivity index (χ4n) is 2.22. The quantitative estimate of drug-likeness (QED) is 0.881. The second-order valence-corrected chi connectivity index (χ2v) is 5.30. The minimum Gasteiger partial charge on any atom is -0.480 e. The van der Waals surface area contributed by atoms with E-state index >= 15 is 0 Å². The number of carboxylic acids is 1. The van der Waals surface area contributed by atoms with Crippen LogP contribution < -0.4 is 5.32 Å². The van der Waals surface area contributed by atoms with Crippen LogP contribution >= 0.6 is 0 Å². The summed E-state index contributed by atoms with van der Waals surface area (Å²) in [4.78, 5) is 27.5. The molecule has 0 spiro atoms. The summed E-state index contributed by atoms with van der Waals surface area (Å²) in [6, 6.07) is 8.52. The summed E-state index contributed by atoms with van der Waals surface area (Å²) in [6.45, 7) is 3.52. The van der Waals surface area contributed by atoms with Gasteiger partial charge in [-0.3, -0.25) is 9.78 Å². The number of fused-ring (bicyclic) bond motifs is 1. The van der Waals surface area contributed by atoms with E-state index in [1.54, 1.807) is 20.0 Å². The Bertz CT molecular complexity index is 662. The molecule has 1 aromatic heterocycles. The number of rotatable bonds is 5. The van der Waals surface area contributed by atoms with Crippen molar-refractivity contribution in [2.75, 3.05) is 0 Å². The Kier molecular flexibility index (Phi) is 4.52. The number of carbonyl (C=O) groups excluding carboxylic acids is 1. The second-order valence-electron chi connectivity index (χ2n) is 5.30. The van der Waals surface area contributed by atoms with Crippen molar-refractivity contribution in [1.82, 2.24) is 10.3 Å². The summed E-state index contributed by atoms with van der Waals surface area (Å²) in [5.74, 6) is -1.50. The van der Waals surface area contributed by atoms with Crippen molar-refractivity contribution < 1.29 is 14.7 Å². The number of amides is 1. The van der Waals surface area contributed by atoms with Crippen molar-refractivity contribution >= 4 is 22.8 Å². The maximum atomic E-state index is 12.1. The molecule has 1 heterocycles. The third-order valence-electron chi connectivity index (χ3n) is 3.32. The first-order valence-electron chi connectivity index (χ1n) is 6.84. The van der Waals surface area contributed by atoms with Gasteiger partial charge >= 0.3 is 5.97 Å². The average Bonchev–Trinajstić information content (AvgIpc) is 2.44. The van der Waals surface area contributed by atoms with Gasteiger partial charge in [0.25, 0.3) is 0 Å². The Hall–Kier alpha value is -2.43. The fourth-order valence-corrected chi connectivity index (χ4v) is 2.22.